The van der Waals surface area contributed by atoms with Gasteiger partial charge in [-0.1, -0.05) is 45.0 Å². The van der Waals surface area contributed by atoms with Crippen LogP contribution in [-0.2, 0) is 15.6 Å². The van der Waals surface area contributed by atoms with E-state index in [1.54, 1.807) is 0 Å². The van der Waals surface area contributed by atoms with Crippen molar-refractivity contribution in [2.75, 3.05) is 12.3 Å². The smallest absolute Gasteiger partial charge is 0.154 e. The molecule has 0 bridgehead atoms. The molecule has 0 aliphatic heterocycles. The van der Waals surface area contributed by atoms with Gasteiger partial charge in [0.05, 0.1) is 11.5 Å². The lowest BCUT2D eigenvalue weighted by Gasteiger charge is -2.10. The van der Waals surface area contributed by atoms with E-state index >= 15 is 0 Å². The van der Waals surface area contributed by atoms with Crippen LogP contribution >= 0.6 is 0 Å². The molecule has 0 saturated heterocycles. The van der Waals surface area contributed by atoms with Crippen LogP contribution in [0.4, 0.5) is 0 Å². The number of sulfone groups is 1. The fourth-order valence-corrected chi connectivity index (χ4v) is 3.63. The molecule has 0 aliphatic rings. The second-order valence-electron chi connectivity index (χ2n) is 5.29. The molecule has 1 aromatic carbocycles. The Labute approximate surface area is 110 Å². The first kappa shape index (κ1) is 15.2. The van der Waals surface area contributed by atoms with Crippen molar-refractivity contribution in [2.45, 2.75) is 32.4 Å². The molecule has 1 rings (SSSR count). The quantitative estimate of drug-likeness (QED) is 0.862. The average molecular weight is 269 g/mol. The van der Waals surface area contributed by atoms with Crippen molar-refractivity contribution >= 4 is 9.84 Å². The third-order valence-corrected chi connectivity index (χ3v) is 4.82. The van der Waals surface area contributed by atoms with Crippen LogP contribution in [0.1, 0.15) is 37.8 Å². The average Bonchev–Trinajstić information content (AvgIpc) is 2.28. The zero-order valence-corrected chi connectivity index (χ0v) is 12.2. The van der Waals surface area contributed by atoms with Gasteiger partial charge in [0, 0.05) is 0 Å². The van der Waals surface area contributed by atoms with E-state index in [9.17, 15) is 8.42 Å². The Morgan fingerprint density at radius 1 is 1.11 bits per heavy atom. The summed E-state index contributed by atoms with van der Waals surface area (Å²) in [5.41, 5.74) is 7.54. The van der Waals surface area contributed by atoms with Gasteiger partial charge in [0.15, 0.2) is 9.84 Å². The van der Waals surface area contributed by atoms with Crippen LogP contribution < -0.4 is 5.73 Å². The molecule has 0 radical (unpaired) electrons. The third-order valence-electron chi connectivity index (χ3n) is 2.97. The standard InChI is InChI=1S/C14H23NO2S/c1-11(2)14-6-4-13(5-7-14)10-18(16,17)9-12(3)8-15/h4-7,11-12H,8-10,15H2,1-3H3. The summed E-state index contributed by atoms with van der Waals surface area (Å²) in [5, 5.41) is 0. The van der Waals surface area contributed by atoms with Crippen molar-refractivity contribution in [3.8, 4) is 0 Å². The van der Waals surface area contributed by atoms with Gasteiger partial charge in [0.2, 0.25) is 0 Å². The summed E-state index contributed by atoms with van der Waals surface area (Å²) in [5.74, 6) is 0.753. The Balaban J connectivity index is 2.72. The van der Waals surface area contributed by atoms with E-state index in [2.05, 4.69) is 13.8 Å². The van der Waals surface area contributed by atoms with Gasteiger partial charge in [-0.05, 0) is 29.5 Å². The second-order valence-corrected chi connectivity index (χ2v) is 7.40. The van der Waals surface area contributed by atoms with E-state index in [1.165, 1.54) is 5.56 Å². The van der Waals surface area contributed by atoms with Crippen LogP contribution in [0.5, 0.6) is 0 Å². The van der Waals surface area contributed by atoms with Crippen molar-refractivity contribution < 1.29 is 8.42 Å². The highest BCUT2D eigenvalue weighted by Gasteiger charge is 2.15. The minimum atomic E-state index is -3.06. The Bertz CT molecular complexity index is 463. The fraction of sp³-hybridized carbons (Fsp3) is 0.571. The van der Waals surface area contributed by atoms with Gasteiger partial charge < -0.3 is 5.73 Å². The van der Waals surface area contributed by atoms with Crippen molar-refractivity contribution in [3.05, 3.63) is 35.4 Å². The molecule has 0 aliphatic carbocycles. The summed E-state index contributed by atoms with van der Waals surface area (Å²) in [7, 11) is -3.06. The first-order valence-electron chi connectivity index (χ1n) is 6.33. The monoisotopic (exact) mass is 269 g/mol. The Hall–Kier alpha value is -0.870. The molecule has 0 saturated carbocycles. The van der Waals surface area contributed by atoms with Crippen LogP contribution in [0, 0.1) is 5.92 Å². The number of rotatable bonds is 6. The van der Waals surface area contributed by atoms with Crippen LogP contribution in [0.25, 0.3) is 0 Å². The largest absolute Gasteiger partial charge is 0.330 e. The molecule has 3 nitrogen and oxygen atoms in total. The maximum absolute atomic E-state index is 11.9. The van der Waals surface area contributed by atoms with E-state index in [0.717, 1.165) is 5.56 Å². The van der Waals surface area contributed by atoms with Gasteiger partial charge >= 0.3 is 0 Å². The first-order valence-corrected chi connectivity index (χ1v) is 8.15. The molecule has 0 fully saturated rings. The van der Waals surface area contributed by atoms with E-state index in [4.69, 9.17) is 5.73 Å². The summed E-state index contributed by atoms with van der Waals surface area (Å²) in [6, 6.07) is 7.81. The number of benzene rings is 1. The zero-order valence-electron chi connectivity index (χ0n) is 11.4. The maximum atomic E-state index is 11.9. The summed E-state index contributed by atoms with van der Waals surface area (Å²) >= 11 is 0. The third kappa shape index (κ3) is 4.78. The number of nitrogens with two attached hydrogens (primary N) is 1. The molecule has 1 unspecified atom stereocenters. The summed E-state index contributed by atoms with van der Waals surface area (Å²) in [6.45, 7) is 6.51. The van der Waals surface area contributed by atoms with Gasteiger partial charge in [-0.2, -0.15) is 0 Å². The predicted octanol–water partition coefficient (Wildman–Crippen LogP) is 2.32. The Kier molecular flexibility index (Phi) is 5.35. The van der Waals surface area contributed by atoms with Gasteiger partial charge in [-0.15, -0.1) is 0 Å². The highest BCUT2D eigenvalue weighted by atomic mass is 32.2. The zero-order chi connectivity index (χ0) is 13.8. The SMILES string of the molecule is CC(CN)CS(=O)(=O)Cc1ccc(C(C)C)cc1. The molecule has 1 aromatic rings. The molecule has 0 aromatic heterocycles. The normalized spacial score (nSPS) is 13.8. The van der Waals surface area contributed by atoms with Crippen molar-refractivity contribution in [1.82, 2.24) is 0 Å². The highest BCUT2D eigenvalue weighted by Crippen LogP contribution is 2.16. The van der Waals surface area contributed by atoms with Crippen LogP contribution in [-0.4, -0.2) is 20.7 Å². The summed E-state index contributed by atoms with van der Waals surface area (Å²) in [6.07, 6.45) is 0. The van der Waals surface area contributed by atoms with Crippen molar-refractivity contribution in [1.29, 1.82) is 0 Å². The Morgan fingerprint density at radius 3 is 2.11 bits per heavy atom. The predicted molar refractivity (Wildman–Crippen MR) is 76.2 cm³/mol. The lowest BCUT2D eigenvalue weighted by molar-refractivity contribution is 0.573. The molecule has 1 atom stereocenters. The van der Waals surface area contributed by atoms with Gasteiger partial charge in [-0.25, -0.2) is 8.42 Å². The van der Waals surface area contributed by atoms with Crippen molar-refractivity contribution in [3.63, 3.8) is 0 Å². The molecular formula is C14H23NO2S. The molecule has 0 heterocycles. The molecule has 102 valence electrons. The molecule has 18 heavy (non-hydrogen) atoms. The maximum Gasteiger partial charge on any atom is 0.154 e. The summed E-state index contributed by atoms with van der Waals surface area (Å²) < 4.78 is 23.9. The van der Waals surface area contributed by atoms with Gasteiger partial charge in [-0.3, -0.25) is 0 Å². The van der Waals surface area contributed by atoms with Crippen LogP contribution in [0.15, 0.2) is 24.3 Å². The first-order chi connectivity index (χ1) is 8.34. The van der Waals surface area contributed by atoms with Crippen molar-refractivity contribution in [2.24, 2.45) is 11.7 Å². The lowest BCUT2D eigenvalue weighted by atomic mass is 10.0. The fourth-order valence-electron chi connectivity index (χ4n) is 1.81. The lowest BCUT2D eigenvalue weighted by Crippen LogP contribution is -2.22. The van der Waals surface area contributed by atoms with E-state index in [-0.39, 0.29) is 17.4 Å². The van der Waals surface area contributed by atoms with E-state index in [0.29, 0.717) is 12.5 Å². The number of hydrogen-bond acceptors (Lipinski definition) is 3. The molecule has 0 spiro atoms. The minimum absolute atomic E-state index is 0.0185. The minimum Gasteiger partial charge on any atom is -0.330 e. The van der Waals surface area contributed by atoms with Crippen LogP contribution in [0.3, 0.4) is 0 Å². The van der Waals surface area contributed by atoms with Gasteiger partial charge in [0.1, 0.15) is 0 Å². The highest BCUT2D eigenvalue weighted by molar-refractivity contribution is 7.90. The summed E-state index contributed by atoms with van der Waals surface area (Å²) in [4.78, 5) is 0. The number of hydrogen-bond donors (Lipinski definition) is 1. The molecular weight excluding hydrogens is 246 g/mol. The molecule has 4 heteroatoms. The molecule has 2 N–H and O–H groups in total. The topological polar surface area (TPSA) is 60.2 Å². The Morgan fingerprint density at radius 2 is 1.67 bits per heavy atom. The van der Waals surface area contributed by atoms with E-state index in [1.807, 2.05) is 31.2 Å². The van der Waals surface area contributed by atoms with Crippen LogP contribution in [0.2, 0.25) is 0 Å². The molecule has 0 amide bonds. The van der Waals surface area contributed by atoms with E-state index < -0.39 is 9.84 Å². The van der Waals surface area contributed by atoms with Gasteiger partial charge in [0.25, 0.3) is 0 Å². The second kappa shape index (κ2) is 6.34.